The first-order chi connectivity index (χ1) is 17.3. The molecule has 190 valence electrons. The molecule has 0 aromatic heterocycles. The fourth-order valence-corrected chi connectivity index (χ4v) is 4.66. The molecule has 0 aliphatic rings. The Kier molecular flexibility index (Phi) is 9.54. The molecular formula is C30H36ClN3O2. The van der Waals surface area contributed by atoms with E-state index in [1.54, 1.807) is 24.3 Å². The van der Waals surface area contributed by atoms with E-state index in [1.807, 2.05) is 60.3 Å². The minimum atomic E-state index is -0.272. The summed E-state index contributed by atoms with van der Waals surface area (Å²) in [5.41, 5.74) is 4.11. The summed E-state index contributed by atoms with van der Waals surface area (Å²) in [7, 11) is 3.96. The first-order valence-corrected chi connectivity index (χ1v) is 12.9. The van der Waals surface area contributed by atoms with Gasteiger partial charge in [0.05, 0.1) is 16.6 Å². The van der Waals surface area contributed by atoms with Gasteiger partial charge in [0.2, 0.25) is 5.91 Å². The largest absolute Gasteiger partial charge is 0.377 e. The van der Waals surface area contributed by atoms with Crippen LogP contribution in [0.2, 0.25) is 5.02 Å². The molecule has 0 spiro atoms. The Bertz CT molecular complexity index is 1180. The van der Waals surface area contributed by atoms with Crippen LogP contribution in [0.4, 0.5) is 11.4 Å². The van der Waals surface area contributed by atoms with E-state index in [4.69, 9.17) is 11.6 Å². The Hall–Kier alpha value is -3.31. The highest BCUT2D eigenvalue weighted by Crippen LogP contribution is 2.31. The summed E-state index contributed by atoms with van der Waals surface area (Å²) in [6.07, 6.45) is 1.59. The van der Waals surface area contributed by atoms with Crippen LogP contribution in [-0.4, -0.2) is 30.8 Å². The maximum atomic E-state index is 13.7. The van der Waals surface area contributed by atoms with Crippen molar-refractivity contribution in [1.82, 2.24) is 4.90 Å². The molecule has 36 heavy (non-hydrogen) atoms. The lowest BCUT2D eigenvalue weighted by molar-refractivity contribution is -0.138. The van der Waals surface area contributed by atoms with E-state index < -0.39 is 0 Å². The van der Waals surface area contributed by atoms with Crippen molar-refractivity contribution in [3.8, 4) is 0 Å². The van der Waals surface area contributed by atoms with Gasteiger partial charge < -0.3 is 15.1 Å². The zero-order valence-corrected chi connectivity index (χ0v) is 22.5. The highest BCUT2D eigenvalue weighted by molar-refractivity contribution is 6.34. The summed E-state index contributed by atoms with van der Waals surface area (Å²) < 4.78 is 0. The van der Waals surface area contributed by atoms with E-state index in [-0.39, 0.29) is 23.8 Å². The molecule has 0 radical (unpaired) electrons. The lowest BCUT2D eigenvalue weighted by Gasteiger charge is -2.34. The Morgan fingerprint density at radius 2 is 1.56 bits per heavy atom. The second kappa shape index (κ2) is 12.6. The summed E-state index contributed by atoms with van der Waals surface area (Å²) in [5.74, 6) is -0.166. The molecule has 0 saturated heterocycles. The Morgan fingerprint density at radius 3 is 2.17 bits per heavy atom. The van der Waals surface area contributed by atoms with E-state index in [0.717, 1.165) is 29.7 Å². The van der Waals surface area contributed by atoms with E-state index >= 15 is 0 Å². The molecule has 3 aromatic carbocycles. The summed E-state index contributed by atoms with van der Waals surface area (Å²) in [5, 5.41) is 3.37. The number of benzene rings is 3. The smallest absolute Gasteiger partial charge is 0.257 e. The van der Waals surface area contributed by atoms with Crippen molar-refractivity contribution in [3.63, 3.8) is 0 Å². The van der Waals surface area contributed by atoms with Gasteiger partial charge in [-0.3, -0.25) is 9.59 Å². The topological polar surface area (TPSA) is 52.7 Å². The van der Waals surface area contributed by atoms with Crippen molar-refractivity contribution in [2.24, 2.45) is 5.92 Å². The Morgan fingerprint density at radius 1 is 0.917 bits per heavy atom. The monoisotopic (exact) mass is 505 g/mol. The Labute approximate surface area is 220 Å². The molecular weight excluding hydrogens is 470 g/mol. The number of carbonyl (C=O) groups excluding carboxylic acids is 2. The first kappa shape index (κ1) is 27.3. The van der Waals surface area contributed by atoms with E-state index in [0.29, 0.717) is 22.8 Å². The molecule has 2 amide bonds. The number of anilines is 2. The standard InChI is InChI=1S/C30H36ClN3O2/c1-6-22(7-2)30(36)34(21(3)23-13-9-8-10-14-23)20-24-19-25(17-18-28(24)33(4)5)32-29(35)26-15-11-12-16-27(26)31/h8-19,21-22H,6-7,20H2,1-5H3,(H,32,35)/t21-/m1/s1. The number of amides is 2. The molecule has 3 aromatic rings. The molecule has 0 bridgehead atoms. The van der Waals surface area contributed by atoms with Crippen LogP contribution in [0.3, 0.4) is 0 Å². The molecule has 5 nitrogen and oxygen atoms in total. The number of hydrogen-bond acceptors (Lipinski definition) is 3. The van der Waals surface area contributed by atoms with Crippen LogP contribution < -0.4 is 10.2 Å². The van der Waals surface area contributed by atoms with Crippen molar-refractivity contribution >= 4 is 34.8 Å². The van der Waals surface area contributed by atoms with Gasteiger partial charge in [-0.2, -0.15) is 0 Å². The second-order valence-corrected chi connectivity index (χ2v) is 9.65. The zero-order chi connectivity index (χ0) is 26.2. The van der Waals surface area contributed by atoms with Crippen molar-refractivity contribution in [2.75, 3.05) is 24.3 Å². The quantitative estimate of drug-likeness (QED) is 0.317. The number of nitrogens with zero attached hydrogens (tertiary/aromatic N) is 2. The number of carbonyl (C=O) groups is 2. The minimum absolute atomic E-state index is 0.0397. The van der Waals surface area contributed by atoms with Crippen LogP contribution in [0.15, 0.2) is 72.8 Å². The molecule has 1 atom stereocenters. The average molecular weight is 506 g/mol. The molecule has 0 unspecified atom stereocenters. The summed E-state index contributed by atoms with van der Waals surface area (Å²) in [4.78, 5) is 30.6. The van der Waals surface area contributed by atoms with E-state index in [2.05, 4.69) is 38.2 Å². The summed E-state index contributed by atoms with van der Waals surface area (Å²) >= 11 is 6.23. The zero-order valence-electron chi connectivity index (χ0n) is 21.8. The van der Waals surface area contributed by atoms with Crippen LogP contribution in [0.5, 0.6) is 0 Å². The predicted octanol–water partition coefficient (Wildman–Crippen LogP) is 7.18. The van der Waals surface area contributed by atoms with Gasteiger partial charge in [0.25, 0.3) is 5.91 Å². The van der Waals surface area contributed by atoms with Gasteiger partial charge in [0, 0.05) is 37.9 Å². The lowest BCUT2D eigenvalue weighted by atomic mass is 9.98. The Balaban J connectivity index is 1.98. The van der Waals surface area contributed by atoms with Crippen LogP contribution in [0.25, 0.3) is 0 Å². The average Bonchev–Trinajstić information content (AvgIpc) is 2.88. The third-order valence-corrected chi connectivity index (χ3v) is 6.98. The molecule has 0 fully saturated rings. The van der Waals surface area contributed by atoms with Gasteiger partial charge in [-0.25, -0.2) is 0 Å². The third-order valence-electron chi connectivity index (χ3n) is 6.65. The summed E-state index contributed by atoms with van der Waals surface area (Å²) in [6, 6.07) is 22.8. The number of rotatable bonds is 10. The highest BCUT2D eigenvalue weighted by atomic mass is 35.5. The molecule has 3 rings (SSSR count). The van der Waals surface area contributed by atoms with Crippen LogP contribution in [-0.2, 0) is 11.3 Å². The molecule has 0 heterocycles. The van der Waals surface area contributed by atoms with Gasteiger partial charge in [0.1, 0.15) is 0 Å². The van der Waals surface area contributed by atoms with Gasteiger partial charge in [0.15, 0.2) is 0 Å². The van der Waals surface area contributed by atoms with Crippen molar-refractivity contribution in [3.05, 3.63) is 94.5 Å². The number of nitrogens with one attached hydrogen (secondary N) is 1. The molecule has 1 N–H and O–H groups in total. The van der Waals surface area contributed by atoms with Crippen molar-refractivity contribution in [1.29, 1.82) is 0 Å². The maximum absolute atomic E-state index is 13.7. The summed E-state index contributed by atoms with van der Waals surface area (Å²) in [6.45, 7) is 6.63. The fourth-order valence-electron chi connectivity index (χ4n) is 4.44. The van der Waals surface area contributed by atoms with Crippen LogP contribution in [0, 0.1) is 5.92 Å². The first-order valence-electron chi connectivity index (χ1n) is 12.5. The van der Waals surface area contributed by atoms with E-state index in [9.17, 15) is 9.59 Å². The highest BCUT2D eigenvalue weighted by Gasteiger charge is 2.27. The lowest BCUT2D eigenvalue weighted by Crippen LogP contribution is -2.37. The third kappa shape index (κ3) is 6.46. The number of hydrogen-bond donors (Lipinski definition) is 1. The predicted molar refractivity (Wildman–Crippen MR) is 150 cm³/mol. The normalized spacial score (nSPS) is 11.8. The van der Waals surface area contributed by atoms with Crippen LogP contribution >= 0.6 is 11.6 Å². The SMILES string of the molecule is CCC(CC)C(=O)N(Cc1cc(NC(=O)c2ccccc2Cl)ccc1N(C)C)[C@H](C)c1ccccc1. The second-order valence-electron chi connectivity index (χ2n) is 9.24. The van der Waals surface area contributed by atoms with Gasteiger partial charge in [-0.1, -0.05) is 67.9 Å². The fraction of sp³-hybridized carbons (Fsp3) is 0.333. The maximum Gasteiger partial charge on any atom is 0.257 e. The van der Waals surface area contributed by atoms with Crippen molar-refractivity contribution < 1.29 is 9.59 Å². The molecule has 0 aliphatic carbocycles. The molecule has 6 heteroatoms. The van der Waals surface area contributed by atoms with Crippen LogP contribution in [0.1, 0.15) is 61.1 Å². The van der Waals surface area contributed by atoms with Gasteiger partial charge in [-0.05, 0) is 61.2 Å². The molecule has 0 saturated carbocycles. The minimum Gasteiger partial charge on any atom is -0.377 e. The van der Waals surface area contributed by atoms with Gasteiger partial charge >= 0.3 is 0 Å². The van der Waals surface area contributed by atoms with E-state index in [1.165, 1.54) is 0 Å². The number of halogens is 1. The molecule has 0 aliphatic heterocycles. The van der Waals surface area contributed by atoms with Crippen molar-refractivity contribution in [2.45, 2.75) is 46.2 Å². The van der Waals surface area contributed by atoms with Gasteiger partial charge in [-0.15, -0.1) is 0 Å².